The smallest absolute Gasteiger partial charge is 0.408 e. The molecule has 0 radical (unpaired) electrons. The zero-order valence-electron chi connectivity index (χ0n) is 46.4. The van der Waals surface area contributed by atoms with Gasteiger partial charge in [-0.2, -0.15) is 0 Å². The molecule has 4 amide bonds. The minimum absolute atomic E-state index is 0.156. The number of nitrogens with one attached hydrogen (secondary N) is 4. The number of nitrogens with zero attached hydrogens (tertiary/aromatic N) is 2. The quantitative estimate of drug-likeness (QED) is 0.0240. The van der Waals surface area contributed by atoms with Gasteiger partial charge in [0, 0.05) is 43.7 Å². The lowest BCUT2D eigenvalue weighted by Gasteiger charge is -2.31. The third kappa shape index (κ3) is 16.5. The molecule has 2 saturated heterocycles. The lowest BCUT2D eigenvalue weighted by Crippen LogP contribution is -2.45. The number of ether oxygens (including phenoxy) is 5. The summed E-state index contributed by atoms with van der Waals surface area (Å²) in [5, 5.41) is 20.9. The average Bonchev–Trinajstić information content (AvgIpc) is 4.25. The minimum atomic E-state index is -1.12. The second-order valence-electron chi connectivity index (χ2n) is 22.9. The second-order valence-corrected chi connectivity index (χ2v) is 22.9. The number of hydrogen-bond donors (Lipinski definition) is 5. The first-order valence-electron chi connectivity index (χ1n) is 26.3. The van der Waals surface area contributed by atoms with Crippen molar-refractivity contribution in [2.24, 2.45) is 0 Å². The van der Waals surface area contributed by atoms with Crippen LogP contribution in [0, 0.1) is 0 Å². The van der Waals surface area contributed by atoms with Gasteiger partial charge in [0.05, 0.1) is 28.8 Å². The molecule has 0 bridgehead atoms. The number of rotatable bonds is 25. The highest BCUT2D eigenvalue weighted by molar-refractivity contribution is 5.70. The van der Waals surface area contributed by atoms with Crippen LogP contribution in [0.5, 0.6) is 11.5 Å². The molecule has 75 heavy (non-hydrogen) atoms. The Morgan fingerprint density at radius 1 is 0.547 bits per heavy atom. The van der Waals surface area contributed by atoms with Crippen LogP contribution in [0.25, 0.3) is 0 Å². The van der Waals surface area contributed by atoms with Crippen molar-refractivity contribution in [3.63, 3.8) is 0 Å². The van der Waals surface area contributed by atoms with E-state index in [1.165, 1.54) is 0 Å². The van der Waals surface area contributed by atoms with Gasteiger partial charge >= 0.3 is 24.4 Å². The molecule has 4 aromatic rings. The summed E-state index contributed by atoms with van der Waals surface area (Å²) in [5.41, 5.74) is 1.87. The molecule has 0 aromatic heterocycles. The maximum absolute atomic E-state index is 13.6. The van der Waals surface area contributed by atoms with Gasteiger partial charge in [0.1, 0.15) is 24.7 Å². The Balaban J connectivity index is 1.02. The number of carboxylic acid groups (broad SMARTS) is 1. The van der Waals surface area contributed by atoms with Crippen molar-refractivity contribution in [2.75, 3.05) is 46.0 Å². The Kier molecular flexibility index (Phi) is 18.5. The third-order valence-corrected chi connectivity index (χ3v) is 14.4. The van der Waals surface area contributed by atoms with Crippen molar-refractivity contribution in [2.45, 2.75) is 155 Å². The first-order valence-corrected chi connectivity index (χ1v) is 26.3. The summed E-state index contributed by atoms with van der Waals surface area (Å²) < 4.78 is 29.9. The van der Waals surface area contributed by atoms with Gasteiger partial charge in [-0.1, -0.05) is 100.0 Å². The summed E-state index contributed by atoms with van der Waals surface area (Å²) in [5.74, 6) is 1.31. The van der Waals surface area contributed by atoms with E-state index in [9.17, 15) is 24.3 Å². The van der Waals surface area contributed by atoms with Crippen LogP contribution in [0.15, 0.2) is 97.1 Å². The van der Waals surface area contributed by atoms with Crippen molar-refractivity contribution < 1.29 is 48.0 Å². The molecule has 6 atom stereocenters. The molecule has 2 fully saturated rings. The fourth-order valence-corrected chi connectivity index (χ4v) is 8.97. The Morgan fingerprint density at radius 3 is 1.23 bits per heavy atom. The van der Waals surface area contributed by atoms with E-state index in [4.69, 9.17) is 23.7 Å². The molecule has 0 spiro atoms. The molecule has 6 rings (SSSR count). The molecule has 4 aromatic carbocycles. The Bertz CT molecular complexity index is 2580. The number of amides is 4. The van der Waals surface area contributed by atoms with E-state index in [1.807, 2.05) is 146 Å². The highest BCUT2D eigenvalue weighted by atomic mass is 16.6. The van der Waals surface area contributed by atoms with Crippen molar-refractivity contribution in [3.8, 4) is 11.5 Å². The van der Waals surface area contributed by atoms with Crippen LogP contribution in [0.2, 0.25) is 0 Å². The van der Waals surface area contributed by atoms with E-state index in [2.05, 4.69) is 58.8 Å². The molecule has 16 heteroatoms. The normalized spacial score (nSPS) is 18.4. The van der Waals surface area contributed by atoms with Gasteiger partial charge in [0.2, 0.25) is 0 Å². The topological polar surface area (TPSA) is 189 Å². The molecule has 0 aliphatic carbocycles. The van der Waals surface area contributed by atoms with Gasteiger partial charge in [-0.05, 0) is 133 Å². The zero-order chi connectivity index (χ0) is 54.9. The van der Waals surface area contributed by atoms with Gasteiger partial charge in [-0.25, -0.2) is 19.2 Å². The van der Waals surface area contributed by atoms with Crippen LogP contribution in [-0.4, -0.2) is 110 Å². The number of carbonyl (C=O) groups excluding carboxylic acids is 3. The van der Waals surface area contributed by atoms with Gasteiger partial charge < -0.3 is 50.1 Å². The van der Waals surface area contributed by atoms with Crippen LogP contribution < -0.4 is 30.7 Å². The Hall–Kier alpha value is -6.52. The molecule has 408 valence electrons. The van der Waals surface area contributed by atoms with E-state index < -0.39 is 58.7 Å². The molecule has 5 N–H and O–H groups in total. The van der Waals surface area contributed by atoms with E-state index in [-0.39, 0.29) is 18.6 Å². The van der Waals surface area contributed by atoms with Crippen LogP contribution in [0.3, 0.4) is 0 Å². The average molecular weight is 1040 g/mol. The molecular formula is C59H82N6O10. The third-order valence-electron chi connectivity index (χ3n) is 14.4. The number of hydrogen-bond acceptors (Lipinski definition) is 11. The fourth-order valence-electron chi connectivity index (χ4n) is 8.97. The molecule has 2 heterocycles. The predicted molar refractivity (Wildman–Crippen MR) is 290 cm³/mol. The lowest BCUT2D eigenvalue weighted by molar-refractivity contribution is 0.0506. The van der Waals surface area contributed by atoms with Crippen LogP contribution in [0.4, 0.5) is 19.2 Å². The molecule has 2 aliphatic heterocycles. The van der Waals surface area contributed by atoms with Gasteiger partial charge in [0.15, 0.2) is 12.2 Å². The maximum atomic E-state index is 13.6. The van der Waals surface area contributed by atoms with E-state index in [1.54, 1.807) is 13.8 Å². The summed E-state index contributed by atoms with van der Waals surface area (Å²) in [4.78, 5) is 55.4. The fraction of sp³-hybridized carbons (Fsp3) is 0.525. The van der Waals surface area contributed by atoms with Crippen molar-refractivity contribution in [3.05, 3.63) is 130 Å². The van der Waals surface area contributed by atoms with Crippen LogP contribution in [0.1, 0.15) is 136 Å². The number of alkyl carbamates (subject to hydrolysis) is 3. The number of unbranched alkanes of at least 4 members (excludes halogenated alkanes) is 1. The van der Waals surface area contributed by atoms with Gasteiger partial charge in [0.25, 0.3) is 0 Å². The molecule has 16 nitrogen and oxygen atoms in total. The molecular weight excluding hydrogens is 953 g/mol. The molecule has 2 aliphatic rings. The monoisotopic (exact) mass is 1030 g/mol. The standard InChI is InChI=1S/C59H82N6O10/c1-14-15-30-71-52(68)61-57(8,9)44-19-17-21-46(32-44)59(12,13)63-54(70)75-50(36-65-34-40(65)3)38-73-48-28-24-42(25-29-48)55(4,5)41-22-26-47(27-23-41)72-37-49(35-64-33-39(64)2)74-53(69)62-58(10,11)45-20-16-18-43(31-45)56(6,7)60-51(66)67/h16-29,31-32,39-40,49-50,60H,14-15,30,33-38H2,1-13H3,(H,61,68)(H,62,69)(H,63,70)(H,66,67). The van der Waals surface area contributed by atoms with Crippen LogP contribution >= 0.6 is 0 Å². The van der Waals surface area contributed by atoms with Crippen molar-refractivity contribution in [1.82, 2.24) is 31.1 Å². The van der Waals surface area contributed by atoms with E-state index in [0.29, 0.717) is 43.3 Å². The minimum Gasteiger partial charge on any atom is -0.490 e. The summed E-state index contributed by atoms with van der Waals surface area (Å²) in [6.07, 6.45) is -2.07. The highest BCUT2D eigenvalue weighted by Gasteiger charge is 2.36. The summed E-state index contributed by atoms with van der Waals surface area (Å²) in [6, 6.07) is 32.0. The summed E-state index contributed by atoms with van der Waals surface area (Å²) >= 11 is 0. The Labute approximate surface area is 444 Å². The van der Waals surface area contributed by atoms with Crippen LogP contribution in [-0.2, 0) is 41.8 Å². The first kappa shape index (κ1) is 57.8. The van der Waals surface area contributed by atoms with Crippen molar-refractivity contribution in [1.29, 1.82) is 0 Å². The maximum Gasteiger partial charge on any atom is 0.408 e. The zero-order valence-corrected chi connectivity index (χ0v) is 46.4. The molecule has 0 saturated carbocycles. The Morgan fingerprint density at radius 2 is 0.893 bits per heavy atom. The van der Waals surface area contributed by atoms with E-state index >= 15 is 0 Å². The van der Waals surface area contributed by atoms with Gasteiger partial charge in [-0.15, -0.1) is 0 Å². The highest BCUT2D eigenvalue weighted by Crippen LogP contribution is 2.34. The summed E-state index contributed by atoms with van der Waals surface area (Å²) in [6.45, 7) is 29.2. The largest absolute Gasteiger partial charge is 0.490 e. The van der Waals surface area contributed by atoms with E-state index in [0.717, 1.165) is 59.3 Å². The van der Waals surface area contributed by atoms with Crippen molar-refractivity contribution >= 4 is 24.4 Å². The lowest BCUT2D eigenvalue weighted by atomic mass is 9.78. The predicted octanol–water partition coefficient (Wildman–Crippen LogP) is 10.5. The number of benzene rings is 4. The second kappa shape index (κ2) is 24.0. The first-order chi connectivity index (χ1) is 35.2. The molecule has 6 unspecified atom stereocenters. The van der Waals surface area contributed by atoms with Gasteiger partial charge in [-0.3, -0.25) is 9.80 Å². The summed E-state index contributed by atoms with van der Waals surface area (Å²) in [7, 11) is 0. The number of carbonyl (C=O) groups is 4. The SMILES string of the molecule is CCCCOC(=O)NC(C)(C)c1cccc(C(C)(C)NC(=O)OC(COc2ccc(C(C)(C)c3ccc(OCC(CN4CC4C)OC(=O)NC(C)(C)c4cccc(C(C)(C)NC(=O)O)c4)cc3)cc2)CN2CC2C)c1.